The SMILES string of the molecule is O=[N+]([O-])c1cc(C2CCCNC2)c2occc2c1. The molecule has 1 atom stereocenters. The zero-order valence-corrected chi connectivity index (χ0v) is 9.89. The largest absolute Gasteiger partial charge is 0.464 e. The second kappa shape index (κ2) is 4.42. The van der Waals surface area contributed by atoms with Crippen LogP contribution < -0.4 is 5.32 Å². The number of nitro groups is 1. The van der Waals surface area contributed by atoms with E-state index in [1.165, 1.54) is 0 Å². The number of nitrogens with zero attached hydrogens (tertiary/aromatic N) is 1. The zero-order valence-electron chi connectivity index (χ0n) is 9.89. The summed E-state index contributed by atoms with van der Waals surface area (Å²) in [5, 5.41) is 15.1. The van der Waals surface area contributed by atoms with Crippen LogP contribution in [0.1, 0.15) is 24.3 Å². The van der Waals surface area contributed by atoms with E-state index in [2.05, 4.69) is 5.32 Å². The van der Waals surface area contributed by atoms with Gasteiger partial charge in [0, 0.05) is 35.5 Å². The maximum Gasteiger partial charge on any atom is 0.270 e. The molecule has 2 aromatic rings. The van der Waals surface area contributed by atoms with Crippen molar-refractivity contribution in [2.24, 2.45) is 0 Å². The Labute approximate surface area is 104 Å². The molecule has 1 aliphatic heterocycles. The average Bonchev–Trinajstić information content (AvgIpc) is 2.86. The van der Waals surface area contributed by atoms with Crippen LogP contribution in [0, 0.1) is 10.1 Å². The average molecular weight is 246 g/mol. The summed E-state index contributed by atoms with van der Waals surface area (Å²) in [5.41, 5.74) is 1.88. The maximum atomic E-state index is 11.0. The van der Waals surface area contributed by atoms with E-state index in [1.54, 1.807) is 24.5 Å². The summed E-state index contributed by atoms with van der Waals surface area (Å²) in [4.78, 5) is 10.6. The fourth-order valence-electron chi connectivity index (χ4n) is 2.62. The van der Waals surface area contributed by atoms with E-state index in [0.717, 1.165) is 42.5 Å². The lowest BCUT2D eigenvalue weighted by Crippen LogP contribution is -2.28. The fourth-order valence-corrected chi connectivity index (χ4v) is 2.62. The van der Waals surface area contributed by atoms with Crippen LogP contribution >= 0.6 is 0 Å². The topological polar surface area (TPSA) is 68.3 Å². The van der Waals surface area contributed by atoms with E-state index < -0.39 is 0 Å². The first-order valence-corrected chi connectivity index (χ1v) is 6.12. The van der Waals surface area contributed by atoms with Crippen molar-refractivity contribution in [3.05, 3.63) is 40.1 Å². The van der Waals surface area contributed by atoms with Gasteiger partial charge in [0.2, 0.25) is 0 Å². The highest BCUT2D eigenvalue weighted by Crippen LogP contribution is 2.34. The van der Waals surface area contributed by atoms with Gasteiger partial charge < -0.3 is 9.73 Å². The highest BCUT2D eigenvalue weighted by atomic mass is 16.6. The predicted octanol–water partition coefficient (Wildman–Crippen LogP) is 2.81. The first kappa shape index (κ1) is 11.2. The van der Waals surface area contributed by atoms with Gasteiger partial charge in [0.25, 0.3) is 5.69 Å². The Hall–Kier alpha value is -1.88. The molecule has 0 radical (unpaired) electrons. The van der Waals surface area contributed by atoms with Gasteiger partial charge in [-0.2, -0.15) is 0 Å². The normalized spacial score (nSPS) is 20.1. The summed E-state index contributed by atoms with van der Waals surface area (Å²) in [6, 6.07) is 5.00. The summed E-state index contributed by atoms with van der Waals surface area (Å²) in [6.45, 7) is 1.88. The number of hydrogen-bond donors (Lipinski definition) is 1. The number of non-ortho nitro benzene ring substituents is 1. The van der Waals surface area contributed by atoms with E-state index in [9.17, 15) is 10.1 Å². The van der Waals surface area contributed by atoms with Gasteiger partial charge in [-0.15, -0.1) is 0 Å². The number of nitrogens with one attached hydrogen (secondary N) is 1. The minimum Gasteiger partial charge on any atom is -0.464 e. The lowest BCUT2D eigenvalue weighted by Gasteiger charge is -2.23. The van der Waals surface area contributed by atoms with Gasteiger partial charge in [-0.3, -0.25) is 10.1 Å². The first-order chi connectivity index (χ1) is 8.75. The van der Waals surface area contributed by atoms with Crippen LogP contribution in [0.3, 0.4) is 0 Å². The van der Waals surface area contributed by atoms with E-state index in [1.807, 2.05) is 0 Å². The van der Waals surface area contributed by atoms with Crippen LogP contribution in [-0.2, 0) is 0 Å². The summed E-state index contributed by atoms with van der Waals surface area (Å²) < 4.78 is 5.49. The van der Waals surface area contributed by atoms with Crippen LogP contribution in [0.25, 0.3) is 11.0 Å². The molecule has 1 saturated heterocycles. The van der Waals surface area contributed by atoms with Crippen molar-refractivity contribution in [2.75, 3.05) is 13.1 Å². The molecule has 5 heteroatoms. The molecule has 18 heavy (non-hydrogen) atoms. The highest BCUT2D eigenvalue weighted by Gasteiger charge is 2.22. The second-order valence-electron chi connectivity index (χ2n) is 4.67. The maximum absolute atomic E-state index is 11.0. The Morgan fingerprint density at radius 2 is 2.33 bits per heavy atom. The summed E-state index contributed by atoms with van der Waals surface area (Å²) >= 11 is 0. The second-order valence-corrected chi connectivity index (χ2v) is 4.67. The molecule has 1 N–H and O–H groups in total. The predicted molar refractivity (Wildman–Crippen MR) is 67.7 cm³/mol. The van der Waals surface area contributed by atoms with E-state index >= 15 is 0 Å². The van der Waals surface area contributed by atoms with Gasteiger partial charge in [0.15, 0.2) is 0 Å². The van der Waals surface area contributed by atoms with E-state index in [-0.39, 0.29) is 10.6 Å². The van der Waals surface area contributed by atoms with Crippen LogP contribution in [0.5, 0.6) is 0 Å². The van der Waals surface area contributed by atoms with Crippen LogP contribution in [0.4, 0.5) is 5.69 Å². The number of hydrogen-bond acceptors (Lipinski definition) is 4. The first-order valence-electron chi connectivity index (χ1n) is 6.12. The van der Waals surface area contributed by atoms with Gasteiger partial charge in [-0.05, 0) is 25.5 Å². The number of benzene rings is 1. The molecule has 1 aliphatic rings. The van der Waals surface area contributed by atoms with E-state index in [4.69, 9.17) is 4.42 Å². The molecule has 0 bridgehead atoms. The lowest BCUT2D eigenvalue weighted by atomic mass is 9.90. The van der Waals surface area contributed by atoms with Gasteiger partial charge in [0.05, 0.1) is 11.2 Å². The fraction of sp³-hybridized carbons (Fsp3) is 0.385. The van der Waals surface area contributed by atoms with Crippen molar-refractivity contribution >= 4 is 16.7 Å². The minimum absolute atomic E-state index is 0.143. The van der Waals surface area contributed by atoms with Gasteiger partial charge >= 0.3 is 0 Å². The van der Waals surface area contributed by atoms with Gasteiger partial charge in [-0.1, -0.05) is 0 Å². The molecule has 0 saturated carbocycles. The highest BCUT2D eigenvalue weighted by molar-refractivity contribution is 5.83. The molecular weight excluding hydrogens is 232 g/mol. The molecule has 5 nitrogen and oxygen atoms in total. The number of piperidine rings is 1. The Balaban J connectivity index is 2.12. The monoisotopic (exact) mass is 246 g/mol. The Bertz CT molecular complexity index is 585. The van der Waals surface area contributed by atoms with Crippen molar-refractivity contribution in [2.45, 2.75) is 18.8 Å². The van der Waals surface area contributed by atoms with Gasteiger partial charge in [0.1, 0.15) is 5.58 Å². The van der Waals surface area contributed by atoms with Crippen LogP contribution in [0.15, 0.2) is 28.9 Å². The van der Waals surface area contributed by atoms with Crippen LogP contribution in [-0.4, -0.2) is 18.0 Å². The number of rotatable bonds is 2. The molecule has 1 fully saturated rings. The molecule has 1 aromatic carbocycles. The summed E-state index contributed by atoms with van der Waals surface area (Å²) in [7, 11) is 0. The minimum atomic E-state index is -0.341. The molecule has 3 rings (SSSR count). The summed E-state index contributed by atoms with van der Waals surface area (Å²) in [6.07, 6.45) is 3.73. The van der Waals surface area contributed by atoms with Gasteiger partial charge in [-0.25, -0.2) is 0 Å². The van der Waals surface area contributed by atoms with Crippen molar-refractivity contribution < 1.29 is 9.34 Å². The third-order valence-electron chi connectivity index (χ3n) is 3.51. The number of furan rings is 1. The molecule has 0 amide bonds. The smallest absolute Gasteiger partial charge is 0.270 e. The Morgan fingerprint density at radius 3 is 3.06 bits per heavy atom. The summed E-state index contributed by atoms with van der Waals surface area (Å²) in [5.74, 6) is 0.298. The molecule has 0 spiro atoms. The number of nitro benzene ring substituents is 1. The molecule has 1 unspecified atom stereocenters. The third kappa shape index (κ3) is 1.86. The number of fused-ring (bicyclic) bond motifs is 1. The lowest BCUT2D eigenvalue weighted by molar-refractivity contribution is -0.384. The Morgan fingerprint density at radius 1 is 1.44 bits per heavy atom. The molecule has 2 heterocycles. The quantitative estimate of drug-likeness (QED) is 0.653. The van der Waals surface area contributed by atoms with Crippen molar-refractivity contribution in [3.8, 4) is 0 Å². The standard InChI is InChI=1S/C13H14N2O3/c16-15(17)11-6-9-3-5-18-13(9)12(7-11)10-2-1-4-14-8-10/h3,5-7,10,14H,1-2,4,8H2. The van der Waals surface area contributed by atoms with E-state index in [0.29, 0.717) is 5.92 Å². The molecular formula is C13H14N2O3. The Kier molecular flexibility index (Phi) is 2.76. The van der Waals surface area contributed by atoms with Crippen molar-refractivity contribution in [1.29, 1.82) is 0 Å². The molecule has 1 aromatic heterocycles. The zero-order chi connectivity index (χ0) is 12.5. The third-order valence-corrected chi connectivity index (χ3v) is 3.51. The van der Waals surface area contributed by atoms with Crippen molar-refractivity contribution in [1.82, 2.24) is 5.32 Å². The van der Waals surface area contributed by atoms with Crippen molar-refractivity contribution in [3.63, 3.8) is 0 Å². The molecule has 94 valence electrons. The van der Waals surface area contributed by atoms with Crippen LogP contribution in [0.2, 0.25) is 0 Å². The molecule has 0 aliphatic carbocycles.